The van der Waals surface area contributed by atoms with Crippen LogP contribution in [0.4, 0.5) is 5.69 Å². The number of thioether (sulfide) groups is 1. The van der Waals surface area contributed by atoms with Crippen molar-refractivity contribution in [2.24, 2.45) is 5.73 Å². The van der Waals surface area contributed by atoms with Gasteiger partial charge in [0, 0.05) is 9.37 Å². The summed E-state index contributed by atoms with van der Waals surface area (Å²) in [5, 5.41) is 1.69. The van der Waals surface area contributed by atoms with Crippen LogP contribution in [0.15, 0.2) is 49.3 Å². The molecule has 21 heavy (non-hydrogen) atoms. The van der Waals surface area contributed by atoms with Crippen LogP contribution in [0.3, 0.4) is 0 Å². The lowest BCUT2D eigenvalue weighted by atomic mass is 10.3. The van der Waals surface area contributed by atoms with E-state index in [1.807, 2.05) is 0 Å². The lowest BCUT2D eigenvalue weighted by molar-refractivity contribution is -0.115. The number of hydrogen-bond donors (Lipinski definition) is 2. The van der Waals surface area contributed by atoms with Gasteiger partial charge in [0.1, 0.15) is 0 Å². The Bertz CT molecular complexity index is 759. The molecule has 2 aromatic rings. The lowest BCUT2D eigenvalue weighted by Gasteiger charge is -2.11. The normalized spacial score (nSPS) is 11.3. The van der Waals surface area contributed by atoms with E-state index in [0.717, 1.165) is 11.3 Å². The Balaban J connectivity index is 2.27. The summed E-state index contributed by atoms with van der Waals surface area (Å²) < 4.78 is 27.9. The monoisotopic (exact) mass is 406 g/mol. The van der Waals surface area contributed by atoms with Crippen LogP contribution in [0.25, 0.3) is 0 Å². The molecule has 2 rings (SSSR count). The molecule has 0 spiro atoms. The molecule has 0 radical (unpaired) electrons. The Morgan fingerprint density at radius 2 is 2.05 bits per heavy atom. The second kappa shape index (κ2) is 6.82. The number of nitrogens with two attached hydrogens (primary N) is 1. The molecule has 1 aromatic carbocycles. The molecule has 112 valence electrons. The maximum atomic E-state index is 12.3. The van der Waals surface area contributed by atoms with Crippen molar-refractivity contribution in [1.29, 1.82) is 0 Å². The summed E-state index contributed by atoms with van der Waals surface area (Å²) in [6.45, 7) is 0. The van der Waals surface area contributed by atoms with Gasteiger partial charge in [-0.3, -0.25) is 9.52 Å². The van der Waals surface area contributed by atoms with E-state index >= 15 is 0 Å². The van der Waals surface area contributed by atoms with Gasteiger partial charge in [-0.25, -0.2) is 8.42 Å². The summed E-state index contributed by atoms with van der Waals surface area (Å²) in [7, 11) is -3.67. The number of nitrogens with one attached hydrogen (secondary N) is 1. The predicted molar refractivity (Wildman–Crippen MR) is 89.2 cm³/mol. The van der Waals surface area contributed by atoms with E-state index in [0.29, 0.717) is 15.1 Å². The largest absolute Gasteiger partial charge is 0.369 e. The highest BCUT2D eigenvalue weighted by molar-refractivity contribution is 9.10. The third-order valence-corrected chi connectivity index (χ3v) is 7.46. The highest BCUT2D eigenvalue weighted by Crippen LogP contribution is 2.32. The van der Waals surface area contributed by atoms with Gasteiger partial charge in [0.2, 0.25) is 5.91 Å². The molecule has 0 fully saturated rings. The summed E-state index contributed by atoms with van der Waals surface area (Å²) >= 11 is 5.52. The van der Waals surface area contributed by atoms with E-state index in [-0.39, 0.29) is 9.96 Å². The maximum Gasteiger partial charge on any atom is 0.272 e. The van der Waals surface area contributed by atoms with Crippen LogP contribution in [0, 0.1) is 0 Å². The average molecular weight is 407 g/mol. The van der Waals surface area contributed by atoms with Crippen molar-refractivity contribution in [2.75, 3.05) is 10.5 Å². The number of primary amides is 1. The van der Waals surface area contributed by atoms with Gasteiger partial charge in [-0.2, -0.15) is 0 Å². The molecule has 9 heteroatoms. The fourth-order valence-corrected chi connectivity index (χ4v) is 5.72. The number of halogens is 1. The first kappa shape index (κ1) is 16.3. The van der Waals surface area contributed by atoms with Crippen molar-refractivity contribution in [3.05, 3.63) is 40.2 Å². The van der Waals surface area contributed by atoms with E-state index < -0.39 is 15.9 Å². The van der Waals surface area contributed by atoms with Gasteiger partial charge in [-0.15, -0.1) is 23.1 Å². The maximum absolute atomic E-state index is 12.3. The highest BCUT2D eigenvalue weighted by Gasteiger charge is 2.20. The number of hydrogen-bond acceptors (Lipinski definition) is 5. The molecule has 1 heterocycles. The summed E-state index contributed by atoms with van der Waals surface area (Å²) in [5.74, 6) is -0.375. The van der Waals surface area contributed by atoms with Crippen molar-refractivity contribution in [2.45, 2.75) is 9.10 Å². The second-order valence-electron chi connectivity index (χ2n) is 3.91. The van der Waals surface area contributed by atoms with Crippen LogP contribution in [-0.4, -0.2) is 20.1 Å². The molecule has 1 aromatic heterocycles. The van der Waals surface area contributed by atoms with Gasteiger partial charge in [0.05, 0.1) is 11.4 Å². The van der Waals surface area contributed by atoms with E-state index in [1.165, 1.54) is 11.8 Å². The molecule has 0 unspecified atom stereocenters. The zero-order valence-electron chi connectivity index (χ0n) is 10.6. The molecule has 1 amide bonds. The number of sulfonamides is 1. The number of benzene rings is 1. The van der Waals surface area contributed by atoms with Gasteiger partial charge in [-0.1, -0.05) is 12.1 Å². The van der Waals surface area contributed by atoms with Crippen molar-refractivity contribution in [1.82, 2.24) is 0 Å². The van der Waals surface area contributed by atoms with Crippen molar-refractivity contribution in [3.63, 3.8) is 0 Å². The van der Waals surface area contributed by atoms with Gasteiger partial charge in [0.25, 0.3) is 10.0 Å². The first-order chi connectivity index (χ1) is 9.90. The predicted octanol–water partition coefficient (Wildman–Crippen LogP) is 2.89. The van der Waals surface area contributed by atoms with Crippen molar-refractivity contribution in [3.8, 4) is 0 Å². The molecule has 0 bridgehead atoms. The van der Waals surface area contributed by atoms with Crippen molar-refractivity contribution >= 4 is 60.6 Å². The third-order valence-electron chi connectivity index (χ3n) is 2.33. The smallest absolute Gasteiger partial charge is 0.272 e. The van der Waals surface area contributed by atoms with Crippen LogP contribution in [0.5, 0.6) is 0 Å². The summed E-state index contributed by atoms with van der Waals surface area (Å²) in [6, 6.07) is 8.53. The molecule has 0 aliphatic carbocycles. The Hall–Kier alpha value is -1.03. The van der Waals surface area contributed by atoms with Gasteiger partial charge in [-0.05, 0) is 39.5 Å². The first-order valence-corrected chi connectivity index (χ1v) is 9.80. The SMILES string of the molecule is NC(=O)CSc1ccccc1NS(=O)(=O)c1sccc1Br. The quantitative estimate of drug-likeness (QED) is 0.721. The van der Waals surface area contributed by atoms with Crippen molar-refractivity contribution < 1.29 is 13.2 Å². The molecule has 0 saturated heterocycles. The van der Waals surface area contributed by atoms with Gasteiger partial charge in [0.15, 0.2) is 4.21 Å². The molecule has 0 saturated carbocycles. The molecular formula is C12H11BrN2O3S3. The summed E-state index contributed by atoms with van der Waals surface area (Å²) in [6.07, 6.45) is 0. The fourth-order valence-electron chi connectivity index (χ4n) is 1.49. The number of rotatable bonds is 6. The minimum Gasteiger partial charge on any atom is -0.369 e. The number of carbonyl (C=O) groups is 1. The molecule has 3 N–H and O–H groups in total. The fraction of sp³-hybridized carbons (Fsp3) is 0.0833. The summed E-state index contributed by atoms with van der Waals surface area (Å²) in [4.78, 5) is 11.5. The molecular weight excluding hydrogens is 396 g/mol. The number of para-hydroxylation sites is 1. The van der Waals surface area contributed by atoms with Gasteiger partial charge < -0.3 is 5.73 Å². The molecule has 0 atom stereocenters. The van der Waals surface area contributed by atoms with E-state index in [4.69, 9.17) is 5.73 Å². The number of thiophene rings is 1. The Morgan fingerprint density at radius 1 is 1.33 bits per heavy atom. The Morgan fingerprint density at radius 3 is 2.67 bits per heavy atom. The van der Waals surface area contributed by atoms with E-state index in [1.54, 1.807) is 35.7 Å². The molecule has 5 nitrogen and oxygen atoms in total. The standard InChI is InChI=1S/C12H11BrN2O3S3/c13-8-5-6-19-12(8)21(17,18)15-9-3-1-2-4-10(9)20-7-11(14)16/h1-6,15H,7H2,(H2,14,16). The Labute approximate surface area is 139 Å². The van der Waals surface area contributed by atoms with E-state index in [2.05, 4.69) is 20.7 Å². The number of carbonyl (C=O) groups excluding carboxylic acids is 1. The number of anilines is 1. The van der Waals surface area contributed by atoms with Crippen LogP contribution < -0.4 is 10.5 Å². The summed E-state index contributed by atoms with van der Waals surface area (Å²) in [5.41, 5.74) is 5.53. The van der Waals surface area contributed by atoms with Crippen LogP contribution >= 0.6 is 39.0 Å². The van der Waals surface area contributed by atoms with E-state index in [9.17, 15) is 13.2 Å². The average Bonchev–Trinajstić information content (AvgIpc) is 2.84. The minimum absolute atomic E-state index is 0.0848. The van der Waals surface area contributed by atoms with Crippen LogP contribution in [0.2, 0.25) is 0 Å². The van der Waals surface area contributed by atoms with Crippen LogP contribution in [0.1, 0.15) is 0 Å². The Kier molecular flexibility index (Phi) is 5.31. The topological polar surface area (TPSA) is 89.3 Å². The highest BCUT2D eigenvalue weighted by atomic mass is 79.9. The van der Waals surface area contributed by atoms with Gasteiger partial charge >= 0.3 is 0 Å². The first-order valence-electron chi connectivity index (χ1n) is 5.66. The number of amides is 1. The lowest BCUT2D eigenvalue weighted by Crippen LogP contribution is -2.14. The zero-order chi connectivity index (χ0) is 15.5. The molecule has 0 aliphatic rings. The second-order valence-corrected chi connectivity index (χ2v) is 8.58. The third kappa shape index (κ3) is 4.22. The van der Waals surface area contributed by atoms with Crippen LogP contribution in [-0.2, 0) is 14.8 Å². The zero-order valence-corrected chi connectivity index (χ0v) is 14.6. The minimum atomic E-state index is -3.67. The molecule has 0 aliphatic heterocycles.